The van der Waals surface area contributed by atoms with Crippen LogP contribution in [0.15, 0.2) is 36.4 Å². The third-order valence-electron chi connectivity index (χ3n) is 3.85. The second kappa shape index (κ2) is 8.95. The van der Waals surface area contributed by atoms with E-state index in [-0.39, 0.29) is 18.9 Å². The Morgan fingerprint density at radius 2 is 1.93 bits per heavy atom. The molecule has 0 spiro atoms. The molecule has 3 aromatic rings. The van der Waals surface area contributed by atoms with Gasteiger partial charge in [0, 0.05) is 21.2 Å². The smallest absolute Gasteiger partial charge is 0.361 e. The molecular formula is C19H17Cl2N3O4. The van der Waals surface area contributed by atoms with E-state index >= 15 is 0 Å². The fraction of sp³-hybridized carbons (Fsp3) is 0.211. The number of hydrogen-bond acceptors (Lipinski definition) is 6. The zero-order chi connectivity index (χ0) is 20.1. The monoisotopic (exact) mass is 421 g/mol. The number of esters is 1. The number of rotatable bonds is 7. The maximum absolute atomic E-state index is 12.0. The number of H-pyrrole nitrogens is 1. The number of benzene rings is 2. The Kier molecular flexibility index (Phi) is 6.38. The summed E-state index contributed by atoms with van der Waals surface area (Å²) in [6.07, 6.45) is 0. The van der Waals surface area contributed by atoms with Crippen molar-refractivity contribution in [2.45, 2.75) is 13.5 Å². The number of nitrogens with zero attached hydrogens (tertiary/aromatic N) is 2. The number of aromatic nitrogens is 3. The third-order valence-corrected chi connectivity index (χ3v) is 4.44. The molecule has 2 aromatic carbocycles. The molecule has 0 bridgehead atoms. The number of carbonyl (C=O) groups excluding carboxylic acids is 1. The normalized spacial score (nSPS) is 10.6. The third kappa shape index (κ3) is 4.37. The standard InChI is InChI=1S/C19H17Cl2N3O4/c1-3-27-19(25)18-17(22-24-23-18)11-5-7-15(16(8-11)26-2)28-10-12-4-6-13(20)9-14(12)21/h4-9H,3,10H2,1-2H3,(H,22,23,24). The molecule has 146 valence electrons. The highest BCUT2D eigenvalue weighted by atomic mass is 35.5. The number of carbonyl (C=O) groups is 1. The number of ether oxygens (including phenoxy) is 3. The summed E-state index contributed by atoms with van der Waals surface area (Å²) < 4.78 is 16.2. The summed E-state index contributed by atoms with van der Waals surface area (Å²) >= 11 is 12.1. The van der Waals surface area contributed by atoms with Gasteiger partial charge in [0.25, 0.3) is 0 Å². The number of methoxy groups -OCH3 is 1. The second-order valence-electron chi connectivity index (χ2n) is 5.63. The molecule has 0 aliphatic heterocycles. The van der Waals surface area contributed by atoms with Gasteiger partial charge in [-0.2, -0.15) is 10.3 Å². The minimum absolute atomic E-state index is 0.102. The molecule has 0 atom stereocenters. The Balaban J connectivity index is 1.83. The van der Waals surface area contributed by atoms with Crippen molar-refractivity contribution in [2.75, 3.05) is 13.7 Å². The van der Waals surface area contributed by atoms with Crippen LogP contribution in [-0.2, 0) is 11.3 Å². The number of aromatic amines is 1. The van der Waals surface area contributed by atoms with Crippen molar-refractivity contribution < 1.29 is 19.0 Å². The molecule has 0 saturated carbocycles. The predicted molar refractivity (Wildman–Crippen MR) is 105 cm³/mol. The molecule has 28 heavy (non-hydrogen) atoms. The maximum atomic E-state index is 12.0. The van der Waals surface area contributed by atoms with E-state index in [2.05, 4.69) is 15.4 Å². The summed E-state index contributed by atoms with van der Waals surface area (Å²) in [6.45, 7) is 2.21. The largest absolute Gasteiger partial charge is 0.493 e. The molecular weight excluding hydrogens is 405 g/mol. The first-order valence-corrected chi connectivity index (χ1v) is 9.12. The summed E-state index contributed by atoms with van der Waals surface area (Å²) in [5, 5.41) is 11.4. The summed E-state index contributed by atoms with van der Waals surface area (Å²) in [7, 11) is 1.52. The van der Waals surface area contributed by atoms with Gasteiger partial charge in [-0.1, -0.05) is 29.3 Å². The molecule has 0 fully saturated rings. The zero-order valence-electron chi connectivity index (χ0n) is 15.2. The Hall–Kier alpha value is -2.77. The van der Waals surface area contributed by atoms with E-state index in [1.807, 2.05) is 0 Å². The van der Waals surface area contributed by atoms with Gasteiger partial charge in [0.1, 0.15) is 12.3 Å². The van der Waals surface area contributed by atoms with E-state index in [1.165, 1.54) is 7.11 Å². The van der Waals surface area contributed by atoms with Crippen LogP contribution in [0.4, 0.5) is 0 Å². The fourth-order valence-electron chi connectivity index (χ4n) is 2.50. The second-order valence-corrected chi connectivity index (χ2v) is 6.47. The van der Waals surface area contributed by atoms with E-state index in [9.17, 15) is 4.79 Å². The highest BCUT2D eigenvalue weighted by Crippen LogP contribution is 2.34. The van der Waals surface area contributed by atoms with Crippen LogP contribution in [0.1, 0.15) is 23.0 Å². The summed E-state index contributed by atoms with van der Waals surface area (Å²) in [6, 6.07) is 10.4. The lowest BCUT2D eigenvalue weighted by Crippen LogP contribution is -2.07. The molecule has 0 amide bonds. The van der Waals surface area contributed by atoms with Crippen molar-refractivity contribution >= 4 is 29.2 Å². The highest BCUT2D eigenvalue weighted by molar-refractivity contribution is 6.35. The minimum atomic E-state index is -0.553. The van der Waals surface area contributed by atoms with E-state index in [0.717, 1.165) is 5.56 Å². The van der Waals surface area contributed by atoms with Crippen LogP contribution in [0.2, 0.25) is 10.0 Å². The van der Waals surface area contributed by atoms with Crippen LogP contribution >= 0.6 is 23.2 Å². The van der Waals surface area contributed by atoms with Crippen LogP contribution in [0.5, 0.6) is 11.5 Å². The van der Waals surface area contributed by atoms with Crippen molar-refractivity contribution in [1.82, 2.24) is 15.4 Å². The first-order chi connectivity index (χ1) is 13.5. The Morgan fingerprint density at radius 3 is 2.64 bits per heavy atom. The van der Waals surface area contributed by atoms with Crippen molar-refractivity contribution in [3.05, 3.63) is 57.7 Å². The van der Waals surface area contributed by atoms with Crippen LogP contribution < -0.4 is 9.47 Å². The zero-order valence-corrected chi connectivity index (χ0v) is 16.7. The first-order valence-electron chi connectivity index (χ1n) is 8.36. The highest BCUT2D eigenvalue weighted by Gasteiger charge is 2.20. The number of nitrogens with one attached hydrogen (secondary N) is 1. The van der Waals surface area contributed by atoms with E-state index < -0.39 is 5.97 Å². The molecule has 0 radical (unpaired) electrons. The molecule has 1 N–H and O–H groups in total. The quantitative estimate of drug-likeness (QED) is 0.563. The van der Waals surface area contributed by atoms with Crippen LogP contribution in [0.3, 0.4) is 0 Å². The average Bonchev–Trinajstić information content (AvgIpc) is 3.17. The molecule has 0 saturated heterocycles. The van der Waals surface area contributed by atoms with Crippen molar-refractivity contribution in [2.24, 2.45) is 0 Å². The molecule has 7 nitrogen and oxygen atoms in total. The van der Waals surface area contributed by atoms with Crippen molar-refractivity contribution in [3.63, 3.8) is 0 Å². The summed E-state index contributed by atoms with van der Waals surface area (Å²) in [4.78, 5) is 12.0. The molecule has 1 heterocycles. The Labute approximate surface area is 171 Å². The average molecular weight is 422 g/mol. The maximum Gasteiger partial charge on any atom is 0.361 e. The predicted octanol–water partition coefficient (Wildman–Crippen LogP) is 4.54. The lowest BCUT2D eigenvalue weighted by atomic mass is 10.1. The van der Waals surface area contributed by atoms with Gasteiger partial charge in [0.15, 0.2) is 17.2 Å². The van der Waals surface area contributed by atoms with Gasteiger partial charge in [0.2, 0.25) is 0 Å². The van der Waals surface area contributed by atoms with E-state index in [4.69, 9.17) is 37.4 Å². The van der Waals surface area contributed by atoms with Gasteiger partial charge in [-0.3, -0.25) is 0 Å². The molecule has 0 unspecified atom stereocenters. The summed E-state index contributed by atoms with van der Waals surface area (Å²) in [5.74, 6) is 0.432. The van der Waals surface area contributed by atoms with Gasteiger partial charge in [0.05, 0.1) is 13.7 Å². The minimum Gasteiger partial charge on any atom is -0.493 e. The van der Waals surface area contributed by atoms with Gasteiger partial charge in [-0.05, 0) is 37.3 Å². The Morgan fingerprint density at radius 1 is 1.11 bits per heavy atom. The van der Waals surface area contributed by atoms with E-state index in [0.29, 0.717) is 32.8 Å². The fourth-order valence-corrected chi connectivity index (χ4v) is 2.97. The van der Waals surface area contributed by atoms with Crippen LogP contribution in [-0.4, -0.2) is 35.1 Å². The van der Waals surface area contributed by atoms with Crippen molar-refractivity contribution in [1.29, 1.82) is 0 Å². The first kappa shape index (κ1) is 20.0. The van der Waals surface area contributed by atoms with Gasteiger partial charge in [-0.25, -0.2) is 4.79 Å². The topological polar surface area (TPSA) is 86.3 Å². The van der Waals surface area contributed by atoms with Gasteiger partial charge < -0.3 is 14.2 Å². The number of halogens is 2. The molecule has 3 rings (SSSR count). The molecule has 9 heteroatoms. The van der Waals surface area contributed by atoms with Crippen molar-refractivity contribution in [3.8, 4) is 22.8 Å². The SMILES string of the molecule is CCOC(=O)c1n[nH]nc1-c1ccc(OCc2ccc(Cl)cc2Cl)c(OC)c1. The molecule has 0 aliphatic carbocycles. The van der Waals surface area contributed by atoms with E-state index in [1.54, 1.807) is 43.3 Å². The Bertz CT molecular complexity index is 991. The lowest BCUT2D eigenvalue weighted by molar-refractivity contribution is 0.0520. The number of hydrogen-bond donors (Lipinski definition) is 1. The molecule has 0 aliphatic rings. The summed E-state index contributed by atoms with van der Waals surface area (Å²) in [5.41, 5.74) is 1.89. The van der Waals surface area contributed by atoms with Crippen LogP contribution in [0.25, 0.3) is 11.3 Å². The lowest BCUT2D eigenvalue weighted by Gasteiger charge is -2.13. The van der Waals surface area contributed by atoms with Crippen LogP contribution in [0, 0.1) is 0 Å². The molecule has 1 aromatic heterocycles. The van der Waals surface area contributed by atoms with Gasteiger partial charge >= 0.3 is 5.97 Å². The van der Waals surface area contributed by atoms with Gasteiger partial charge in [-0.15, -0.1) is 5.10 Å².